The van der Waals surface area contributed by atoms with Crippen LogP contribution in [0.25, 0.3) is 0 Å². The van der Waals surface area contributed by atoms with E-state index < -0.39 is 0 Å². The van der Waals surface area contributed by atoms with Gasteiger partial charge in [0, 0.05) is 12.2 Å². The molecule has 100 valence electrons. The van der Waals surface area contributed by atoms with Crippen molar-refractivity contribution in [3.63, 3.8) is 0 Å². The lowest BCUT2D eigenvalue weighted by atomic mass is 10.2. The molecule has 0 aromatic heterocycles. The second-order valence-corrected chi connectivity index (χ2v) is 4.04. The topological polar surface area (TPSA) is 62.5 Å². The van der Waals surface area contributed by atoms with E-state index in [9.17, 15) is 0 Å². The van der Waals surface area contributed by atoms with Crippen LogP contribution in [0.15, 0.2) is 24.3 Å². The maximum absolute atomic E-state index is 8.63. The van der Waals surface area contributed by atoms with E-state index in [2.05, 4.69) is 0 Å². The summed E-state index contributed by atoms with van der Waals surface area (Å²) in [6, 6.07) is 7.31. The maximum Gasteiger partial charge on any atom is 0.212 e. The van der Waals surface area contributed by atoms with Gasteiger partial charge in [-0.15, -0.1) is 0 Å². The zero-order chi connectivity index (χ0) is 13.2. The van der Waals surface area contributed by atoms with Crippen molar-refractivity contribution in [2.45, 2.75) is 25.7 Å². The predicted octanol–water partition coefficient (Wildman–Crippen LogP) is 2.59. The molecule has 18 heavy (non-hydrogen) atoms. The van der Waals surface area contributed by atoms with Gasteiger partial charge in [0.15, 0.2) is 0 Å². The average Bonchev–Trinajstić information content (AvgIpc) is 2.42. The fraction of sp³-hybridized carbons (Fsp3) is 0.500. The quantitative estimate of drug-likeness (QED) is 0.424. The Hall–Kier alpha value is -1.55. The Bertz CT molecular complexity index is 349. The van der Waals surface area contributed by atoms with E-state index in [4.69, 9.17) is 20.0 Å². The molecule has 0 aliphatic heterocycles. The van der Waals surface area contributed by atoms with Gasteiger partial charge in [-0.2, -0.15) is 0 Å². The van der Waals surface area contributed by atoms with Crippen molar-refractivity contribution in [2.75, 3.05) is 20.3 Å². The van der Waals surface area contributed by atoms with Crippen molar-refractivity contribution in [3.05, 3.63) is 29.8 Å². The number of rotatable bonds is 8. The third-order valence-electron chi connectivity index (χ3n) is 2.64. The summed E-state index contributed by atoms with van der Waals surface area (Å²) in [7, 11) is 1.49. The van der Waals surface area contributed by atoms with E-state index >= 15 is 0 Å². The summed E-state index contributed by atoms with van der Waals surface area (Å²) < 4.78 is 10.4. The van der Waals surface area contributed by atoms with E-state index in [0.29, 0.717) is 6.61 Å². The van der Waals surface area contributed by atoms with Crippen molar-refractivity contribution in [1.29, 1.82) is 5.41 Å². The molecular formula is C14H21NO3. The fourth-order valence-electron chi connectivity index (χ4n) is 1.58. The van der Waals surface area contributed by atoms with Crippen LogP contribution in [0, 0.1) is 5.41 Å². The fourth-order valence-corrected chi connectivity index (χ4v) is 1.58. The predicted molar refractivity (Wildman–Crippen MR) is 71.3 cm³/mol. The second-order valence-electron chi connectivity index (χ2n) is 4.04. The molecule has 1 aromatic carbocycles. The molecule has 0 bridgehead atoms. The first-order chi connectivity index (χ1) is 8.77. The molecule has 1 aromatic rings. The van der Waals surface area contributed by atoms with E-state index in [-0.39, 0.29) is 12.5 Å². The summed E-state index contributed by atoms with van der Waals surface area (Å²) in [6.07, 6.45) is 3.99. The van der Waals surface area contributed by atoms with Crippen LogP contribution in [0.3, 0.4) is 0 Å². The monoisotopic (exact) mass is 251 g/mol. The standard InChI is InChI=1S/C14H21NO3/c1-17-14(15)12-6-8-13(9-7-12)18-11-5-3-2-4-10-16/h6-9,15-16H,2-5,10-11H2,1H3. The largest absolute Gasteiger partial charge is 0.494 e. The maximum atomic E-state index is 8.63. The molecular weight excluding hydrogens is 230 g/mol. The summed E-state index contributed by atoms with van der Waals surface area (Å²) in [6.45, 7) is 0.959. The van der Waals surface area contributed by atoms with Gasteiger partial charge in [-0.05, 0) is 43.5 Å². The third-order valence-corrected chi connectivity index (χ3v) is 2.64. The normalized spacial score (nSPS) is 10.1. The lowest BCUT2D eigenvalue weighted by Crippen LogP contribution is -2.01. The van der Waals surface area contributed by atoms with Gasteiger partial charge in [-0.3, -0.25) is 5.41 Å². The Labute approximate surface area is 108 Å². The first-order valence-electron chi connectivity index (χ1n) is 6.24. The third kappa shape index (κ3) is 5.19. The Morgan fingerprint density at radius 3 is 2.39 bits per heavy atom. The van der Waals surface area contributed by atoms with Crippen molar-refractivity contribution in [1.82, 2.24) is 0 Å². The minimum atomic E-state index is 0.158. The Morgan fingerprint density at radius 1 is 1.11 bits per heavy atom. The van der Waals surface area contributed by atoms with E-state index in [1.54, 1.807) is 0 Å². The lowest BCUT2D eigenvalue weighted by Gasteiger charge is -2.07. The Balaban J connectivity index is 2.25. The zero-order valence-electron chi connectivity index (χ0n) is 10.8. The molecule has 0 aliphatic carbocycles. The van der Waals surface area contributed by atoms with Crippen LogP contribution in [0.2, 0.25) is 0 Å². The number of hydrogen-bond acceptors (Lipinski definition) is 4. The van der Waals surface area contributed by atoms with Crippen LogP contribution >= 0.6 is 0 Å². The van der Waals surface area contributed by atoms with Crippen molar-refractivity contribution < 1.29 is 14.6 Å². The highest BCUT2D eigenvalue weighted by molar-refractivity contribution is 5.91. The molecule has 0 aliphatic rings. The van der Waals surface area contributed by atoms with E-state index in [0.717, 1.165) is 37.0 Å². The van der Waals surface area contributed by atoms with Crippen LogP contribution in [-0.2, 0) is 4.74 Å². The number of aliphatic hydroxyl groups is 1. The van der Waals surface area contributed by atoms with E-state index in [1.165, 1.54) is 7.11 Å². The Kier molecular flexibility index (Phi) is 6.87. The molecule has 0 saturated heterocycles. The number of hydrogen-bond donors (Lipinski definition) is 2. The van der Waals surface area contributed by atoms with Gasteiger partial charge in [-0.25, -0.2) is 0 Å². The lowest BCUT2D eigenvalue weighted by molar-refractivity contribution is 0.273. The highest BCUT2D eigenvalue weighted by Gasteiger charge is 2.00. The number of aliphatic hydroxyl groups excluding tert-OH is 1. The molecule has 0 unspecified atom stereocenters. The van der Waals surface area contributed by atoms with Gasteiger partial charge < -0.3 is 14.6 Å². The van der Waals surface area contributed by atoms with Crippen LogP contribution in [-0.4, -0.2) is 31.3 Å². The molecule has 4 nitrogen and oxygen atoms in total. The first-order valence-corrected chi connectivity index (χ1v) is 6.24. The van der Waals surface area contributed by atoms with Gasteiger partial charge in [0.25, 0.3) is 0 Å². The molecule has 0 atom stereocenters. The van der Waals surface area contributed by atoms with Gasteiger partial charge in [0.2, 0.25) is 5.90 Å². The first kappa shape index (κ1) is 14.5. The molecule has 0 radical (unpaired) electrons. The summed E-state index contributed by atoms with van der Waals surface area (Å²) in [5.74, 6) is 0.968. The van der Waals surface area contributed by atoms with Crippen molar-refractivity contribution in [3.8, 4) is 5.75 Å². The number of nitrogens with one attached hydrogen (secondary N) is 1. The SMILES string of the molecule is COC(=N)c1ccc(OCCCCCCO)cc1. The van der Waals surface area contributed by atoms with Crippen LogP contribution < -0.4 is 4.74 Å². The van der Waals surface area contributed by atoms with Crippen molar-refractivity contribution in [2.24, 2.45) is 0 Å². The minimum Gasteiger partial charge on any atom is -0.494 e. The van der Waals surface area contributed by atoms with Gasteiger partial charge in [0.05, 0.1) is 13.7 Å². The minimum absolute atomic E-state index is 0.158. The number of unbranched alkanes of at least 4 members (excludes halogenated alkanes) is 3. The molecule has 0 amide bonds. The number of methoxy groups -OCH3 is 1. The molecule has 1 rings (SSSR count). The van der Waals surface area contributed by atoms with Crippen LogP contribution in [0.5, 0.6) is 5.75 Å². The molecule has 0 saturated carbocycles. The summed E-state index contributed by atoms with van der Waals surface area (Å²) in [5.41, 5.74) is 0.743. The van der Waals surface area contributed by atoms with Gasteiger partial charge in [0.1, 0.15) is 5.75 Å². The summed E-state index contributed by atoms with van der Waals surface area (Å²) in [5, 5.41) is 16.1. The van der Waals surface area contributed by atoms with Crippen molar-refractivity contribution >= 4 is 5.90 Å². The molecule has 0 spiro atoms. The highest BCUT2D eigenvalue weighted by Crippen LogP contribution is 2.13. The molecule has 2 N–H and O–H groups in total. The molecule has 0 fully saturated rings. The number of ether oxygens (including phenoxy) is 2. The summed E-state index contributed by atoms with van der Waals surface area (Å²) in [4.78, 5) is 0. The van der Waals surface area contributed by atoms with Gasteiger partial charge in [-0.1, -0.05) is 6.42 Å². The van der Waals surface area contributed by atoms with Crippen LogP contribution in [0.1, 0.15) is 31.2 Å². The molecule has 4 heteroatoms. The second kappa shape index (κ2) is 8.53. The highest BCUT2D eigenvalue weighted by atomic mass is 16.5. The zero-order valence-corrected chi connectivity index (χ0v) is 10.8. The van der Waals surface area contributed by atoms with Gasteiger partial charge >= 0.3 is 0 Å². The van der Waals surface area contributed by atoms with E-state index in [1.807, 2.05) is 24.3 Å². The summed E-state index contributed by atoms with van der Waals surface area (Å²) >= 11 is 0. The van der Waals surface area contributed by atoms with Crippen LogP contribution in [0.4, 0.5) is 0 Å². The number of benzene rings is 1. The molecule has 0 heterocycles. The smallest absolute Gasteiger partial charge is 0.212 e. The Morgan fingerprint density at radius 2 is 1.78 bits per heavy atom. The average molecular weight is 251 g/mol.